The second kappa shape index (κ2) is 10.8. The zero-order valence-electron chi connectivity index (χ0n) is 13.7. The highest BCUT2D eigenvalue weighted by molar-refractivity contribution is 8.17. The van der Waals surface area contributed by atoms with E-state index < -0.39 is 0 Å². The number of benzene rings is 2. The quantitative estimate of drug-likeness (QED) is 0.313. The van der Waals surface area contributed by atoms with Gasteiger partial charge in [0.15, 0.2) is 0 Å². The summed E-state index contributed by atoms with van der Waals surface area (Å²) in [7, 11) is 0. The van der Waals surface area contributed by atoms with Crippen LogP contribution in [0.15, 0.2) is 70.5 Å². The molecule has 0 fully saturated rings. The van der Waals surface area contributed by atoms with Gasteiger partial charge in [0.05, 0.1) is 10.7 Å². The summed E-state index contributed by atoms with van der Waals surface area (Å²) in [6.07, 6.45) is 5.40. The topological polar surface area (TPSA) is 20.2 Å². The minimum Gasteiger partial charge on any atom is -0.391 e. The molecule has 1 atom stereocenters. The van der Waals surface area contributed by atoms with Gasteiger partial charge in [-0.1, -0.05) is 69.0 Å². The Bertz CT molecular complexity index is 488. The number of hydrogen-bond acceptors (Lipinski definition) is 3. The van der Waals surface area contributed by atoms with Gasteiger partial charge in [0, 0.05) is 9.79 Å². The van der Waals surface area contributed by atoms with Crippen molar-refractivity contribution in [2.24, 2.45) is 0 Å². The van der Waals surface area contributed by atoms with Crippen LogP contribution in [0, 0.1) is 0 Å². The van der Waals surface area contributed by atoms with Crippen LogP contribution in [0.5, 0.6) is 0 Å². The first-order chi connectivity index (χ1) is 11.3. The number of unbranched alkanes of at least 4 members (excludes halogenated alkanes) is 3. The first kappa shape index (κ1) is 18.4. The molecule has 0 bridgehead atoms. The number of rotatable bonds is 10. The lowest BCUT2D eigenvalue weighted by atomic mass is 10.1. The van der Waals surface area contributed by atoms with Gasteiger partial charge in [-0.15, -0.1) is 23.5 Å². The average molecular weight is 347 g/mol. The molecular weight excluding hydrogens is 320 g/mol. The summed E-state index contributed by atoms with van der Waals surface area (Å²) in [6.45, 7) is 2.22. The summed E-state index contributed by atoms with van der Waals surface area (Å²) < 4.78 is 0.126. The third kappa shape index (κ3) is 7.03. The Morgan fingerprint density at radius 2 is 1.30 bits per heavy atom. The van der Waals surface area contributed by atoms with E-state index in [1.807, 2.05) is 12.1 Å². The average Bonchev–Trinajstić information content (AvgIpc) is 2.60. The fourth-order valence-corrected chi connectivity index (χ4v) is 4.97. The number of thioether (sulfide) groups is 2. The molecule has 1 unspecified atom stereocenters. The van der Waals surface area contributed by atoms with Gasteiger partial charge in [0.2, 0.25) is 0 Å². The molecule has 0 aromatic heterocycles. The van der Waals surface area contributed by atoms with Crippen molar-refractivity contribution in [3.63, 3.8) is 0 Å². The monoisotopic (exact) mass is 346 g/mol. The Kier molecular flexibility index (Phi) is 8.66. The summed E-state index contributed by atoms with van der Waals surface area (Å²) in [5, 5.41) is 10.7. The number of aliphatic hydroxyl groups is 1. The minimum absolute atomic E-state index is 0.126. The molecule has 3 heteroatoms. The van der Waals surface area contributed by atoms with Crippen molar-refractivity contribution >= 4 is 23.5 Å². The van der Waals surface area contributed by atoms with Crippen LogP contribution >= 0.6 is 23.5 Å². The van der Waals surface area contributed by atoms with E-state index in [9.17, 15) is 5.11 Å². The number of aliphatic hydroxyl groups excluding tert-OH is 1. The van der Waals surface area contributed by atoms with E-state index in [1.54, 1.807) is 23.5 Å². The second-order valence-electron chi connectivity index (χ2n) is 5.65. The zero-order chi connectivity index (χ0) is 16.3. The van der Waals surface area contributed by atoms with Gasteiger partial charge >= 0.3 is 0 Å². The Morgan fingerprint density at radius 1 is 0.783 bits per heavy atom. The van der Waals surface area contributed by atoms with Gasteiger partial charge in [0.25, 0.3) is 0 Å². The van der Waals surface area contributed by atoms with Crippen LogP contribution in [0.4, 0.5) is 0 Å². The highest BCUT2D eigenvalue weighted by Gasteiger charge is 2.21. The van der Waals surface area contributed by atoms with Crippen molar-refractivity contribution in [1.82, 2.24) is 0 Å². The highest BCUT2D eigenvalue weighted by atomic mass is 32.2. The van der Waals surface area contributed by atoms with Crippen molar-refractivity contribution in [1.29, 1.82) is 0 Å². The van der Waals surface area contributed by atoms with Crippen LogP contribution in [0.25, 0.3) is 0 Å². The van der Waals surface area contributed by atoms with Gasteiger partial charge in [-0.05, 0) is 30.7 Å². The molecule has 1 N–H and O–H groups in total. The Hall–Kier alpha value is -0.900. The molecule has 2 aromatic rings. The summed E-state index contributed by atoms with van der Waals surface area (Å²) in [5.41, 5.74) is 0. The summed E-state index contributed by atoms with van der Waals surface area (Å²) in [6, 6.07) is 20.8. The Labute approximate surface area is 148 Å². The van der Waals surface area contributed by atoms with Gasteiger partial charge < -0.3 is 5.11 Å². The third-order valence-corrected chi connectivity index (χ3v) is 6.42. The maximum absolute atomic E-state index is 10.7. The lowest BCUT2D eigenvalue weighted by molar-refractivity contribution is 0.177. The molecule has 0 heterocycles. The molecule has 0 saturated heterocycles. The molecule has 2 aromatic carbocycles. The molecule has 2 rings (SSSR count). The SMILES string of the molecule is CCCCCCC(O)C(Sc1ccccc1)Sc1ccccc1. The van der Waals surface area contributed by atoms with E-state index in [1.165, 1.54) is 29.1 Å². The molecule has 1 nitrogen and oxygen atoms in total. The molecule has 0 saturated carbocycles. The van der Waals surface area contributed by atoms with Gasteiger partial charge in [0.1, 0.15) is 0 Å². The maximum atomic E-state index is 10.7. The molecule has 23 heavy (non-hydrogen) atoms. The fourth-order valence-electron chi connectivity index (χ4n) is 2.36. The normalized spacial score (nSPS) is 12.5. The van der Waals surface area contributed by atoms with Crippen LogP contribution in [-0.4, -0.2) is 15.8 Å². The van der Waals surface area contributed by atoms with Crippen molar-refractivity contribution in [2.75, 3.05) is 0 Å². The smallest absolute Gasteiger partial charge is 0.0855 e. The van der Waals surface area contributed by atoms with E-state index in [0.717, 1.165) is 12.8 Å². The van der Waals surface area contributed by atoms with Crippen LogP contribution in [0.2, 0.25) is 0 Å². The molecule has 0 aliphatic carbocycles. The van der Waals surface area contributed by atoms with E-state index in [-0.39, 0.29) is 10.7 Å². The van der Waals surface area contributed by atoms with Crippen LogP contribution in [0.3, 0.4) is 0 Å². The standard InChI is InChI=1S/C20H26OS2/c1-2-3-4-11-16-19(21)20(22-17-12-7-5-8-13-17)23-18-14-9-6-10-15-18/h5-10,12-15,19-21H,2-4,11,16H2,1H3. The van der Waals surface area contributed by atoms with Crippen molar-refractivity contribution in [3.8, 4) is 0 Å². The third-order valence-electron chi connectivity index (χ3n) is 3.66. The first-order valence-electron chi connectivity index (χ1n) is 8.41. The first-order valence-corrected chi connectivity index (χ1v) is 10.2. The van der Waals surface area contributed by atoms with Gasteiger partial charge in [-0.25, -0.2) is 0 Å². The van der Waals surface area contributed by atoms with E-state index >= 15 is 0 Å². The molecule has 0 spiro atoms. The molecular formula is C20H26OS2. The molecule has 0 radical (unpaired) electrons. The fraction of sp³-hybridized carbons (Fsp3) is 0.400. The van der Waals surface area contributed by atoms with Crippen molar-refractivity contribution in [3.05, 3.63) is 60.7 Å². The summed E-state index contributed by atoms with van der Waals surface area (Å²) in [4.78, 5) is 2.43. The molecule has 0 amide bonds. The number of hydrogen-bond donors (Lipinski definition) is 1. The Morgan fingerprint density at radius 3 is 1.78 bits per heavy atom. The van der Waals surface area contributed by atoms with Crippen molar-refractivity contribution in [2.45, 2.75) is 59.5 Å². The lowest BCUT2D eigenvalue weighted by Gasteiger charge is -2.22. The van der Waals surface area contributed by atoms with Gasteiger partial charge in [-0.3, -0.25) is 0 Å². The molecule has 124 valence electrons. The Balaban J connectivity index is 1.98. The van der Waals surface area contributed by atoms with E-state index in [2.05, 4.69) is 55.5 Å². The summed E-state index contributed by atoms with van der Waals surface area (Å²) >= 11 is 3.54. The second-order valence-corrected chi connectivity index (χ2v) is 8.38. The summed E-state index contributed by atoms with van der Waals surface area (Å²) in [5.74, 6) is 0. The largest absolute Gasteiger partial charge is 0.391 e. The lowest BCUT2D eigenvalue weighted by Crippen LogP contribution is -2.19. The predicted octanol–water partition coefficient (Wildman–Crippen LogP) is 6.23. The van der Waals surface area contributed by atoms with E-state index in [0.29, 0.717) is 0 Å². The van der Waals surface area contributed by atoms with Gasteiger partial charge in [-0.2, -0.15) is 0 Å². The van der Waals surface area contributed by atoms with Crippen LogP contribution in [0.1, 0.15) is 39.0 Å². The molecule has 0 aliphatic heterocycles. The highest BCUT2D eigenvalue weighted by Crippen LogP contribution is 2.38. The van der Waals surface area contributed by atoms with Crippen LogP contribution in [-0.2, 0) is 0 Å². The minimum atomic E-state index is -0.290. The predicted molar refractivity (Wildman–Crippen MR) is 103 cm³/mol. The van der Waals surface area contributed by atoms with Crippen molar-refractivity contribution < 1.29 is 5.11 Å². The van der Waals surface area contributed by atoms with E-state index in [4.69, 9.17) is 0 Å². The zero-order valence-corrected chi connectivity index (χ0v) is 15.4. The molecule has 0 aliphatic rings. The maximum Gasteiger partial charge on any atom is 0.0855 e. The van der Waals surface area contributed by atoms with Crippen LogP contribution < -0.4 is 0 Å².